The number of carbonyl (C=O) groups is 2. The molecule has 0 spiro atoms. The van der Waals surface area contributed by atoms with Crippen LogP contribution in [0.3, 0.4) is 0 Å². The lowest BCUT2D eigenvalue weighted by molar-refractivity contribution is -0.147. The Labute approximate surface area is 137 Å². The molecule has 1 aromatic rings. The van der Waals surface area contributed by atoms with Gasteiger partial charge in [-0.05, 0) is 60.3 Å². The highest BCUT2D eigenvalue weighted by molar-refractivity contribution is 9.10. The Morgan fingerprint density at radius 1 is 1.24 bits per heavy atom. The maximum Gasteiger partial charge on any atom is 0.250 e. The molecule has 2 amide bonds. The molecule has 2 heterocycles. The third-order valence-corrected chi connectivity index (χ3v) is 5.47. The zero-order valence-electron chi connectivity index (χ0n) is 11.7. The van der Waals surface area contributed by atoms with Crippen molar-refractivity contribution in [1.82, 2.24) is 4.90 Å². The van der Waals surface area contributed by atoms with E-state index in [-0.39, 0.29) is 17.9 Å². The van der Waals surface area contributed by atoms with E-state index in [2.05, 4.69) is 15.9 Å². The van der Waals surface area contributed by atoms with E-state index in [9.17, 15) is 9.59 Å². The van der Waals surface area contributed by atoms with Gasteiger partial charge in [0.1, 0.15) is 12.1 Å². The molecule has 6 heteroatoms. The molecule has 2 atom stereocenters. The van der Waals surface area contributed by atoms with Gasteiger partial charge in [-0.1, -0.05) is 11.6 Å². The van der Waals surface area contributed by atoms with Crippen LogP contribution in [0.1, 0.15) is 26.2 Å². The van der Waals surface area contributed by atoms with Crippen LogP contribution in [-0.4, -0.2) is 35.3 Å². The van der Waals surface area contributed by atoms with Crippen LogP contribution in [0.2, 0.25) is 5.02 Å². The second kappa shape index (κ2) is 5.61. The van der Waals surface area contributed by atoms with Gasteiger partial charge in [0.05, 0.1) is 5.02 Å². The van der Waals surface area contributed by atoms with Crippen molar-refractivity contribution in [2.45, 2.75) is 38.3 Å². The number of nitrogens with zero attached hydrogens (tertiary/aromatic N) is 2. The molecule has 2 fully saturated rings. The van der Waals surface area contributed by atoms with E-state index in [1.165, 1.54) is 0 Å². The lowest BCUT2D eigenvalue weighted by atomic mass is 9.95. The fourth-order valence-corrected chi connectivity index (χ4v) is 3.56. The monoisotopic (exact) mass is 370 g/mol. The van der Waals surface area contributed by atoms with Gasteiger partial charge < -0.3 is 4.90 Å². The quantitative estimate of drug-likeness (QED) is 0.760. The molecule has 3 rings (SSSR count). The number of fused-ring (bicyclic) bond motifs is 1. The van der Waals surface area contributed by atoms with Crippen LogP contribution in [0.5, 0.6) is 0 Å². The summed E-state index contributed by atoms with van der Waals surface area (Å²) in [6.07, 6.45) is 2.72. The van der Waals surface area contributed by atoms with Crippen molar-refractivity contribution in [3.8, 4) is 0 Å². The Bertz CT molecular complexity index is 607. The van der Waals surface area contributed by atoms with E-state index in [1.54, 1.807) is 28.9 Å². The Kier molecular flexibility index (Phi) is 3.97. The van der Waals surface area contributed by atoms with Gasteiger partial charge in [0.2, 0.25) is 5.91 Å². The summed E-state index contributed by atoms with van der Waals surface area (Å²) < 4.78 is 0.774. The number of halogens is 2. The summed E-state index contributed by atoms with van der Waals surface area (Å²) >= 11 is 9.46. The van der Waals surface area contributed by atoms with Crippen LogP contribution < -0.4 is 4.90 Å². The number of carbonyl (C=O) groups excluding carboxylic acids is 2. The molecule has 2 unspecified atom stereocenters. The molecule has 21 heavy (non-hydrogen) atoms. The van der Waals surface area contributed by atoms with Crippen molar-refractivity contribution < 1.29 is 9.59 Å². The topological polar surface area (TPSA) is 40.6 Å². The molecule has 1 aromatic carbocycles. The van der Waals surface area contributed by atoms with Crippen molar-refractivity contribution in [3.63, 3.8) is 0 Å². The maximum absolute atomic E-state index is 12.8. The van der Waals surface area contributed by atoms with Crippen LogP contribution in [0, 0.1) is 0 Å². The van der Waals surface area contributed by atoms with E-state index >= 15 is 0 Å². The van der Waals surface area contributed by atoms with Gasteiger partial charge in [-0.2, -0.15) is 0 Å². The lowest BCUT2D eigenvalue weighted by Crippen LogP contribution is -2.65. The molecule has 0 bridgehead atoms. The molecule has 0 aromatic heterocycles. The summed E-state index contributed by atoms with van der Waals surface area (Å²) in [5.41, 5.74) is 0.680. The second-order valence-corrected chi connectivity index (χ2v) is 6.79. The molecular weight excluding hydrogens is 356 g/mol. The number of amides is 2. The first-order chi connectivity index (χ1) is 10.0. The maximum atomic E-state index is 12.8. The minimum absolute atomic E-state index is 0.000175. The zero-order chi connectivity index (χ0) is 15.1. The molecule has 0 aliphatic carbocycles. The highest BCUT2D eigenvalue weighted by Gasteiger charge is 2.45. The standard InChI is InChI=1S/C15H16BrClN2O2/c1-9-14(20)18-7-3-2-4-13(18)15(21)19(9)10-5-6-11(16)12(17)8-10/h5-6,8-9,13H,2-4,7H2,1H3. The Morgan fingerprint density at radius 2 is 2.00 bits per heavy atom. The molecule has 2 aliphatic rings. The Balaban J connectivity index is 1.99. The molecular formula is C15H16BrClN2O2. The molecule has 0 N–H and O–H groups in total. The second-order valence-electron chi connectivity index (χ2n) is 5.53. The van der Waals surface area contributed by atoms with E-state index in [4.69, 9.17) is 11.6 Å². The van der Waals surface area contributed by atoms with Crippen LogP contribution in [-0.2, 0) is 9.59 Å². The van der Waals surface area contributed by atoms with Crippen molar-refractivity contribution in [3.05, 3.63) is 27.7 Å². The van der Waals surface area contributed by atoms with E-state index in [0.717, 1.165) is 23.7 Å². The molecule has 112 valence electrons. The largest absolute Gasteiger partial charge is 0.329 e. The van der Waals surface area contributed by atoms with Gasteiger partial charge in [0, 0.05) is 16.7 Å². The van der Waals surface area contributed by atoms with Crippen LogP contribution in [0.25, 0.3) is 0 Å². The SMILES string of the molecule is CC1C(=O)N2CCCCC2C(=O)N1c1ccc(Br)c(Cl)c1. The van der Waals surface area contributed by atoms with Gasteiger partial charge in [-0.15, -0.1) is 0 Å². The van der Waals surface area contributed by atoms with Gasteiger partial charge >= 0.3 is 0 Å². The minimum atomic E-state index is -0.482. The molecule has 2 aliphatic heterocycles. The first kappa shape index (κ1) is 14.9. The number of rotatable bonds is 1. The summed E-state index contributed by atoms with van der Waals surface area (Å²) in [6, 6.07) is 4.55. The average molecular weight is 372 g/mol. The predicted molar refractivity (Wildman–Crippen MR) is 85.5 cm³/mol. The van der Waals surface area contributed by atoms with Crippen molar-refractivity contribution >= 4 is 45.0 Å². The smallest absolute Gasteiger partial charge is 0.250 e. The highest BCUT2D eigenvalue weighted by atomic mass is 79.9. The predicted octanol–water partition coefficient (Wildman–Crippen LogP) is 3.22. The fourth-order valence-electron chi connectivity index (χ4n) is 3.14. The number of hydrogen-bond donors (Lipinski definition) is 0. The van der Waals surface area contributed by atoms with Gasteiger partial charge in [0.15, 0.2) is 0 Å². The Hall–Kier alpha value is -1.07. The van der Waals surface area contributed by atoms with Crippen LogP contribution in [0.15, 0.2) is 22.7 Å². The summed E-state index contributed by atoms with van der Waals surface area (Å²) in [5, 5.41) is 0.533. The normalized spacial score (nSPS) is 26.0. The van der Waals surface area contributed by atoms with Crippen molar-refractivity contribution in [2.75, 3.05) is 11.4 Å². The van der Waals surface area contributed by atoms with E-state index in [0.29, 0.717) is 17.3 Å². The summed E-state index contributed by atoms with van der Waals surface area (Å²) in [5.74, 6) is 0.0264. The number of benzene rings is 1. The third kappa shape index (κ3) is 2.46. The average Bonchev–Trinajstić information content (AvgIpc) is 2.49. The molecule has 0 saturated carbocycles. The third-order valence-electron chi connectivity index (χ3n) is 4.23. The summed E-state index contributed by atoms with van der Waals surface area (Å²) in [6.45, 7) is 2.47. The number of piperidine rings is 1. The zero-order valence-corrected chi connectivity index (χ0v) is 14.0. The molecule has 4 nitrogen and oxygen atoms in total. The van der Waals surface area contributed by atoms with E-state index < -0.39 is 6.04 Å². The lowest BCUT2D eigenvalue weighted by Gasteiger charge is -2.46. The summed E-state index contributed by atoms with van der Waals surface area (Å²) in [4.78, 5) is 28.7. The molecule has 0 radical (unpaired) electrons. The number of anilines is 1. The number of piperazine rings is 1. The molecule has 2 saturated heterocycles. The number of hydrogen-bond acceptors (Lipinski definition) is 2. The Morgan fingerprint density at radius 3 is 2.71 bits per heavy atom. The van der Waals surface area contributed by atoms with Crippen molar-refractivity contribution in [1.29, 1.82) is 0 Å². The van der Waals surface area contributed by atoms with Crippen LogP contribution in [0.4, 0.5) is 5.69 Å². The highest BCUT2D eigenvalue weighted by Crippen LogP contribution is 2.33. The van der Waals surface area contributed by atoms with E-state index in [1.807, 2.05) is 6.07 Å². The summed E-state index contributed by atoms with van der Waals surface area (Å²) in [7, 11) is 0. The van der Waals surface area contributed by atoms with Gasteiger partial charge in [-0.3, -0.25) is 14.5 Å². The van der Waals surface area contributed by atoms with Crippen LogP contribution >= 0.6 is 27.5 Å². The van der Waals surface area contributed by atoms with Gasteiger partial charge in [-0.25, -0.2) is 0 Å². The minimum Gasteiger partial charge on any atom is -0.329 e. The van der Waals surface area contributed by atoms with Gasteiger partial charge in [0.25, 0.3) is 5.91 Å². The first-order valence-corrected chi connectivity index (χ1v) is 8.26. The first-order valence-electron chi connectivity index (χ1n) is 7.09. The van der Waals surface area contributed by atoms with Crippen molar-refractivity contribution in [2.24, 2.45) is 0 Å². The fraction of sp³-hybridized carbons (Fsp3) is 0.467.